The van der Waals surface area contributed by atoms with Crippen LogP contribution in [-0.4, -0.2) is 36.9 Å². The predicted molar refractivity (Wildman–Crippen MR) is 88.8 cm³/mol. The first kappa shape index (κ1) is 14.0. The molecule has 0 aliphatic heterocycles. The quantitative estimate of drug-likeness (QED) is 0.588. The highest BCUT2D eigenvalue weighted by atomic mass is 16.3. The molecular weight excluding hydrogens is 292 g/mol. The molecule has 5 N–H and O–H groups in total. The van der Waals surface area contributed by atoms with Gasteiger partial charge in [0.2, 0.25) is 5.95 Å². The molecule has 0 radical (unpaired) electrons. The van der Waals surface area contributed by atoms with Gasteiger partial charge in [0.1, 0.15) is 5.82 Å². The van der Waals surface area contributed by atoms with Crippen molar-refractivity contribution in [2.45, 2.75) is 31.4 Å². The number of fused-ring (bicyclic) bond motifs is 1. The minimum Gasteiger partial charge on any atom is -0.390 e. The molecule has 2 heterocycles. The number of nitrogens with zero attached hydrogens (tertiary/aromatic N) is 3. The third kappa shape index (κ3) is 2.59. The maximum absolute atomic E-state index is 9.86. The first-order valence-corrected chi connectivity index (χ1v) is 7.56. The minimum atomic E-state index is -0.583. The van der Waals surface area contributed by atoms with Crippen LogP contribution in [0.4, 0.5) is 11.8 Å². The molecule has 3 aromatic rings. The maximum Gasteiger partial charge on any atom is 0.222 e. The summed E-state index contributed by atoms with van der Waals surface area (Å²) in [5.41, 5.74) is 7.96. The van der Waals surface area contributed by atoms with E-state index in [1.54, 1.807) is 6.20 Å². The third-order valence-corrected chi connectivity index (χ3v) is 4.24. The van der Waals surface area contributed by atoms with E-state index in [0.717, 1.165) is 22.2 Å². The Morgan fingerprint density at radius 1 is 1.30 bits per heavy atom. The van der Waals surface area contributed by atoms with Crippen molar-refractivity contribution in [3.05, 3.63) is 30.5 Å². The molecule has 0 bridgehead atoms. The summed E-state index contributed by atoms with van der Waals surface area (Å²) in [6.07, 6.45) is 3.11. The number of nitrogens with two attached hydrogens (primary N) is 1. The van der Waals surface area contributed by atoms with Gasteiger partial charge in [-0.1, -0.05) is 6.07 Å². The number of anilines is 2. The number of hydrogen-bond acceptors (Lipinski definition) is 6. The van der Waals surface area contributed by atoms with E-state index in [2.05, 4.69) is 25.5 Å². The fourth-order valence-corrected chi connectivity index (χ4v) is 3.14. The molecule has 23 heavy (non-hydrogen) atoms. The second-order valence-electron chi connectivity index (χ2n) is 6.38. The van der Waals surface area contributed by atoms with E-state index in [0.29, 0.717) is 18.7 Å². The highest BCUT2D eigenvalue weighted by Crippen LogP contribution is 2.35. The Balaban J connectivity index is 1.71. The Bertz CT molecular complexity index is 850. The number of aliphatic hydroxyl groups is 1. The Kier molecular flexibility index (Phi) is 2.99. The lowest BCUT2D eigenvalue weighted by molar-refractivity contribution is -0.0234. The number of aromatic nitrogens is 4. The zero-order chi connectivity index (χ0) is 16.0. The second kappa shape index (κ2) is 4.92. The molecule has 0 spiro atoms. The third-order valence-electron chi connectivity index (χ3n) is 4.24. The van der Waals surface area contributed by atoms with Gasteiger partial charge in [-0.25, -0.2) is 4.98 Å². The predicted octanol–water partition coefficient (Wildman–Crippen LogP) is 1.93. The summed E-state index contributed by atoms with van der Waals surface area (Å²) in [6, 6.07) is 8.04. The fourth-order valence-electron chi connectivity index (χ4n) is 3.14. The first-order chi connectivity index (χ1) is 11.0. The first-order valence-electron chi connectivity index (χ1n) is 7.56. The maximum atomic E-state index is 9.86. The molecule has 0 amide bonds. The molecule has 1 saturated carbocycles. The van der Waals surface area contributed by atoms with Crippen LogP contribution in [0.3, 0.4) is 0 Å². The van der Waals surface area contributed by atoms with Gasteiger partial charge in [0.25, 0.3) is 0 Å². The largest absolute Gasteiger partial charge is 0.390 e. The van der Waals surface area contributed by atoms with Crippen molar-refractivity contribution in [3.8, 4) is 11.3 Å². The molecule has 7 nitrogen and oxygen atoms in total. The zero-order valence-corrected chi connectivity index (χ0v) is 12.7. The van der Waals surface area contributed by atoms with Gasteiger partial charge in [-0.05, 0) is 38.0 Å². The van der Waals surface area contributed by atoms with Crippen LogP contribution in [0.15, 0.2) is 30.5 Å². The van der Waals surface area contributed by atoms with E-state index in [9.17, 15) is 5.11 Å². The van der Waals surface area contributed by atoms with Crippen LogP contribution in [0.5, 0.6) is 0 Å². The van der Waals surface area contributed by atoms with Crippen LogP contribution in [0.25, 0.3) is 22.2 Å². The van der Waals surface area contributed by atoms with Crippen LogP contribution in [0.1, 0.15) is 19.8 Å². The molecule has 1 fully saturated rings. The molecule has 7 heteroatoms. The summed E-state index contributed by atoms with van der Waals surface area (Å²) in [4.78, 5) is 8.65. The molecule has 118 valence electrons. The van der Waals surface area contributed by atoms with Crippen LogP contribution in [-0.2, 0) is 0 Å². The lowest BCUT2D eigenvalue weighted by Gasteiger charge is -2.41. The molecular formula is C16H18N6O. The monoisotopic (exact) mass is 310 g/mol. The van der Waals surface area contributed by atoms with E-state index in [1.807, 2.05) is 31.2 Å². The van der Waals surface area contributed by atoms with Gasteiger partial charge in [0.05, 0.1) is 16.8 Å². The van der Waals surface area contributed by atoms with Gasteiger partial charge in [-0.2, -0.15) is 10.1 Å². The van der Waals surface area contributed by atoms with E-state index in [1.165, 1.54) is 0 Å². The highest BCUT2D eigenvalue weighted by molar-refractivity contribution is 5.92. The van der Waals surface area contributed by atoms with Crippen LogP contribution >= 0.6 is 0 Å². The summed E-state index contributed by atoms with van der Waals surface area (Å²) in [6.45, 7) is 1.84. The molecule has 2 aromatic heterocycles. The van der Waals surface area contributed by atoms with Gasteiger partial charge in [-0.3, -0.25) is 5.10 Å². The lowest BCUT2D eigenvalue weighted by Crippen LogP contribution is -2.48. The van der Waals surface area contributed by atoms with Gasteiger partial charge in [-0.15, -0.1) is 0 Å². The van der Waals surface area contributed by atoms with Crippen molar-refractivity contribution in [2.24, 2.45) is 0 Å². The van der Waals surface area contributed by atoms with Crippen LogP contribution < -0.4 is 11.1 Å². The van der Waals surface area contributed by atoms with E-state index >= 15 is 0 Å². The van der Waals surface area contributed by atoms with Crippen molar-refractivity contribution >= 4 is 22.7 Å². The van der Waals surface area contributed by atoms with Gasteiger partial charge in [0.15, 0.2) is 0 Å². The topological polar surface area (TPSA) is 113 Å². The number of H-pyrrole nitrogens is 1. The minimum absolute atomic E-state index is 0.204. The van der Waals surface area contributed by atoms with Crippen LogP contribution in [0.2, 0.25) is 0 Å². The fraction of sp³-hybridized carbons (Fsp3) is 0.312. The Morgan fingerprint density at radius 3 is 2.83 bits per heavy atom. The average molecular weight is 310 g/mol. The van der Waals surface area contributed by atoms with E-state index < -0.39 is 5.60 Å². The number of rotatable bonds is 3. The smallest absolute Gasteiger partial charge is 0.222 e. The van der Waals surface area contributed by atoms with Crippen LogP contribution in [0, 0.1) is 0 Å². The number of nitrogen functional groups attached to an aromatic ring is 1. The highest BCUT2D eigenvalue weighted by Gasteiger charge is 2.38. The number of nitrogens with one attached hydrogen (secondary N) is 2. The van der Waals surface area contributed by atoms with Crippen molar-refractivity contribution in [3.63, 3.8) is 0 Å². The zero-order valence-electron chi connectivity index (χ0n) is 12.7. The second-order valence-corrected chi connectivity index (χ2v) is 6.38. The van der Waals surface area contributed by atoms with Crippen molar-refractivity contribution in [1.29, 1.82) is 0 Å². The summed E-state index contributed by atoms with van der Waals surface area (Å²) in [5.74, 6) is 0.942. The Morgan fingerprint density at radius 2 is 2.13 bits per heavy atom. The summed E-state index contributed by atoms with van der Waals surface area (Å²) < 4.78 is 0. The Labute approximate surface area is 133 Å². The van der Waals surface area contributed by atoms with Crippen molar-refractivity contribution in [1.82, 2.24) is 20.2 Å². The molecule has 1 aliphatic rings. The SMILES string of the molecule is C[C@]1(O)C[C@H](Nc2nc(N)nc3cc(-c4ccn[nH]4)ccc23)C1. The number of hydrogen-bond donors (Lipinski definition) is 4. The Hall–Kier alpha value is -2.67. The average Bonchev–Trinajstić information content (AvgIpc) is 2.98. The normalized spacial score (nSPS) is 23.7. The standard InChI is InChI=1S/C16H18N6O/c1-16(23)7-10(8-16)19-14-11-3-2-9(12-4-5-18-22-12)6-13(11)20-15(17)21-14/h2-6,10,23H,7-8H2,1H3,(H,18,22)(H3,17,19,20,21)/t10-,16-. The van der Waals surface area contributed by atoms with E-state index in [4.69, 9.17) is 5.73 Å². The molecule has 1 aliphatic carbocycles. The summed E-state index contributed by atoms with van der Waals surface area (Å²) in [5, 5.41) is 21.0. The lowest BCUT2D eigenvalue weighted by atomic mass is 9.77. The van der Waals surface area contributed by atoms with Gasteiger partial charge in [0, 0.05) is 23.2 Å². The molecule has 4 rings (SSSR count). The number of aromatic amines is 1. The van der Waals surface area contributed by atoms with Gasteiger partial charge >= 0.3 is 0 Å². The summed E-state index contributed by atoms with van der Waals surface area (Å²) in [7, 11) is 0. The van der Waals surface area contributed by atoms with E-state index in [-0.39, 0.29) is 12.0 Å². The number of benzene rings is 1. The molecule has 1 aromatic carbocycles. The van der Waals surface area contributed by atoms with Crippen molar-refractivity contribution in [2.75, 3.05) is 11.1 Å². The van der Waals surface area contributed by atoms with Crippen molar-refractivity contribution < 1.29 is 5.11 Å². The summed E-state index contributed by atoms with van der Waals surface area (Å²) >= 11 is 0. The molecule has 0 unspecified atom stereocenters. The van der Waals surface area contributed by atoms with Gasteiger partial charge < -0.3 is 16.2 Å². The molecule has 0 saturated heterocycles. The molecule has 0 atom stereocenters.